The maximum absolute atomic E-state index is 13.0. The molecule has 136 valence electrons. The van der Waals surface area contributed by atoms with E-state index in [4.69, 9.17) is 27.9 Å². The van der Waals surface area contributed by atoms with Gasteiger partial charge in [-0.15, -0.1) is 8.78 Å². The Morgan fingerprint density at radius 1 is 1.08 bits per heavy atom. The smallest absolute Gasteiger partial charge is 0.452 e. The number of esters is 1. The normalized spacial score (nSPS) is 14.0. The monoisotopic (exact) mass is 403 g/mol. The Morgan fingerprint density at radius 3 is 2.42 bits per heavy atom. The van der Waals surface area contributed by atoms with Crippen molar-refractivity contribution in [1.82, 2.24) is 0 Å². The van der Waals surface area contributed by atoms with Crippen LogP contribution < -0.4 is 14.8 Å². The highest BCUT2D eigenvalue weighted by Gasteiger charge is 2.43. The number of amides is 1. The van der Waals surface area contributed by atoms with Crippen molar-refractivity contribution in [2.75, 3.05) is 11.9 Å². The molecule has 3 rings (SSSR count). The first-order valence-corrected chi connectivity index (χ1v) is 7.82. The molecule has 1 aliphatic heterocycles. The second-order valence-electron chi connectivity index (χ2n) is 5.05. The first-order chi connectivity index (χ1) is 12.2. The maximum Gasteiger partial charge on any atom is 0.586 e. The third kappa shape index (κ3) is 3.97. The van der Waals surface area contributed by atoms with E-state index in [0.717, 1.165) is 6.07 Å². The van der Waals surface area contributed by atoms with Crippen LogP contribution in [0, 0.1) is 0 Å². The third-order valence-electron chi connectivity index (χ3n) is 3.19. The maximum atomic E-state index is 13.0. The number of carbonyl (C=O) groups excluding carboxylic acids is 2. The van der Waals surface area contributed by atoms with E-state index in [1.165, 1.54) is 24.3 Å². The van der Waals surface area contributed by atoms with Crippen molar-refractivity contribution in [3.63, 3.8) is 0 Å². The number of hydrogen-bond donors (Lipinski definition) is 1. The minimum Gasteiger partial charge on any atom is -0.452 e. The van der Waals surface area contributed by atoms with Crippen molar-refractivity contribution in [2.45, 2.75) is 6.29 Å². The molecule has 0 saturated carbocycles. The molecule has 26 heavy (non-hydrogen) atoms. The van der Waals surface area contributed by atoms with Crippen LogP contribution in [0.4, 0.5) is 14.5 Å². The molecule has 0 aliphatic carbocycles. The topological polar surface area (TPSA) is 73.9 Å². The molecule has 2 aromatic carbocycles. The van der Waals surface area contributed by atoms with Gasteiger partial charge in [0.2, 0.25) is 0 Å². The summed E-state index contributed by atoms with van der Waals surface area (Å²) in [6.45, 7) is -0.634. The van der Waals surface area contributed by atoms with Crippen LogP contribution in [0.2, 0.25) is 10.0 Å². The number of benzene rings is 2. The molecule has 0 aromatic heterocycles. The van der Waals surface area contributed by atoms with Gasteiger partial charge in [-0.25, -0.2) is 4.79 Å². The van der Waals surface area contributed by atoms with Gasteiger partial charge in [0.1, 0.15) is 0 Å². The van der Waals surface area contributed by atoms with Crippen LogP contribution in [-0.4, -0.2) is 24.8 Å². The number of anilines is 1. The molecular formula is C16H9Cl2F2NO5. The van der Waals surface area contributed by atoms with Crippen LogP contribution >= 0.6 is 23.2 Å². The van der Waals surface area contributed by atoms with Crippen molar-refractivity contribution >= 4 is 40.8 Å². The average Bonchev–Trinajstić information content (AvgIpc) is 2.86. The van der Waals surface area contributed by atoms with Gasteiger partial charge < -0.3 is 19.5 Å². The molecule has 2 aromatic rings. The van der Waals surface area contributed by atoms with Crippen molar-refractivity contribution in [1.29, 1.82) is 0 Å². The summed E-state index contributed by atoms with van der Waals surface area (Å²) in [5.41, 5.74) is 0.0934. The highest BCUT2D eigenvalue weighted by Crippen LogP contribution is 2.42. The highest BCUT2D eigenvalue weighted by atomic mass is 35.5. The number of fused-ring (bicyclic) bond motifs is 1. The Hall–Kier alpha value is -2.58. The van der Waals surface area contributed by atoms with Gasteiger partial charge in [0.25, 0.3) is 5.91 Å². The standard InChI is InChI=1S/C16H9Cl2F2NO5/c17-9-2-1-3-10(18)14(9)15(23)24-7-13(22)21-8-4-5-11-12(6-8)26-16(19,20)25-11/h1-6H,7H2,(H,21,22). The molecule has 6 nitrogen and oxygen atoms in total. The van der Waals surface area contributed by atoms with E-state index >= 15 is 0 Å². The Kier molecular flexibility index (Phi) is 4.88. The Bertz CT molecular complexity index is 871. The molecule has 0 radical (unpaired) electrons. The lowest BCUT2D eigenvalue weighted by atomic mass is 10.2. The van der Waals surface area contributed by atoms with Gasteiger partial charge in [0.15, 0.2) is 18.1 Å². The summed E-state index contributed by atoms with van der Waals surface area (Å²) >= 11 is 11.7. The molecule has 1 heterocycles. The lowest BCUT2D eigenvalue weighted by Gasteiger charge is -2.09. The highest BCUT2D eigenvalue weighted by molar-refractivity contribution is 6.39. The van der Waals surface area contributed by atoms with Gasteiger partial charge in [0.05, 0.1) is 15.6 Å². The minimum atomic E-state index is -3.76. The van der Waals surface area contributed by atoms with Gasteiger partial charge in [-0.2, -0.15) is 0 Å². The van der Waals surface area contributed by atoms with Crippen LogP contribution in [0.25, 0.3) is 0 Å². The van der Waals surface area contributed by atoms with Crippen LogP contribution in [-0.2, 0) is 9.53 Å². The number of ether oxygens (including phenoxy) is 3. The number of rotatable bonds is 4. The van der Waals surface area contributed by atoms with Gasteiger partial charge >= 0.3 is 12.3 Å². The largest absolute Gasteiger partial charge is 0.586 e. The van der Waals surface area contributed by atoms with Crippen molar-refractivity contribution in [2.24, 2.45) is 0 Å². The van der Waals surface area contributed by atoms with E-state index in [1.807, 2.05) is 0 Å². The number of hydrogen-bond acceptors (Lipinski definition) is 5. The summed E-state index contributed by atoms with van der Waals surface area (Å²) in [5, 5.41) is 2.54. The predicted octanol–water partition coefficient (Wildman–Crippen LogP) is 4.11. The molecule has 0 saturated heterocycles. The molecular weight excluding hydrogens is 395 g/mol. The fraction of sp³-hybridized carbons (Fsp3) is 0.125. The van der Waals surface area contributed by atoms with Crippen LogP contribution in [0.5, 0.6) is 11.5 Å². The first-order valence-electron chi connectivity index (χ1n) is 7.06. The van der Waals surface area contributed by atoms with E-state index < -0.39 is 24.8 Å². The zero-order valence-corrected chi connectivity index (χ0v) is 14.2. The lowest BCUT2D eigenvalue weighted by molar-refractivity contribution is -0.286. The molecule has 0 atom stereocenters. The van der Waals surface area contributed by atoms with Gasteiger partial charge in [-0.3, -0.25) is 4.79 Å². The molecule has 0 spiro atoms. The van der Waals surface area contributed by atoms with Gasteiger partial charge in [-0.1, -0.05) is 29.3 Å². The van der Waals surface area contributed by atoms with Gasteiger partial charge in [-0.05, 0) is 24.3 Å². The van der Waals surface area contributed by atoms with E-state index in [9.17, 15) is 18.4 Å². The predicted molar refractivity (Wildman–Crippen MR) is 88.0 cm³/mol. The number of nitrogens with one attached hydrogen (secondary N) is 1. The number of alkyl halides is 2. The molecule has 0 bridgehead atoms. The molecule has 1 aliphatic rings. The Labute approximate surface area is 155 Å². The van der Waals surface area contributed by atoms with Crippen LogP contribution in [0.15, 0.2) is 36.4 Å². The van der Waals surface area contributed by atoms with Crippen LogP contribution in [0.1, 0.15) is 10.4 Å². The van der Waals surface area contributed by atoms with Crippen molar-refractivity contribution < 1.29 is 32.6 Å². The molecule has 0 fully saturated rings. The number of halogens is 4. The van der Waals surface area contributed by atoms with Crippen LogP contribution in [0.3, 0.4) is 0 Å². The quantitative estimate of drug-likeness (QED) is 0.777. The van der Waals surface area contributed by atoms with E-state index in [0.29, 0.717) is 0 Å². The molecule has 1 amide bonds. The van der Waals surface area contributed by atoms with Gasteiger partial charge in [0, 0.05) is 11.8 Å². The van der Waals surface area contributed by atoms with E-state index in [2.05, 4.69) is 14.8 Å². The second-order valence-corrected chi connectivity index (χ2v) is 5.86. The zero-order chi connectivity index (χ0) is 18.9. The first kappa shape index (κ1) is 18.2. The molecule has 10 heteroatoms. The SMILES string of the molecule is O=C(COC(=O)c1c(Cl)cccc1Cl)Nc1ccc2c(c1)OC(F)(F)O2. The summed E-state index contributed by atoms with van der Waals surface area (Å²) in [7, 11) is 0. The van der Waals surface area contributed by atoms with Crippen molar-refractivity contribution in [3.8, 4) is 11.5 Å². The molecule has 0 unspecified atom stereocenters. The Morgan fingerprint density at radius 2 is 1.73 bits per heavy atom. The Balaban J connectivity index is 1.59. The van der Waals surface area contributed by atoms with Crippen molar-refractivity contribution in [3.05, 3.63) is 52.0 Å². The zero-order valence-electron chi connectivity index (χ0n) is 12.7. The lowest BCUT2D eigenvalue weighted by Crippen LogP contribution is -2.25. The van der Waals surface area contributed by atoms with E-state index in [-0.39, 0.29) is 32.8 Å². The second kappa shape index (κ2) is 6.97. The number of carbonyl (C=O) groups is 2. The minimum absolute atomic E-state index is 0.0612. The fourth-order valence-electron chi connectivity index (χ4n) is 2.12. The summed E-state index contributed by atoms with van der Waals surface area (Å²) in [6.07, 6.45) is -3.76. The summed E-state index contributed by atoms with van der Waals surface area (Å²) in [4.78, 5) is 23.8. The average molecular weight is 404 g/mol. The molecule has 1 N–H and O–H groups in total. The summed E-state index contributed by atoms with van der Waals surface area (Å²) < 4.78 is 39.3. The fourth-order valence-corrected chi connectivity index (χ4v) is 2.67. The summed E-state index contributed by atoms with van der Waals surface area (Å²) in [6, 6.07) is 8.15. The third-order valence-corrected chi connectivity index (χ3v) is 3.82. The van der Waals surface area contributed by atoms with E-state index in [1.54, 1.807) is 6.07 Å². The summed E-state index contributed by atoms with van der Waals surface area (Å²) in [5.74, 6) is -1.96.